The van der Waals surface area contributed by atoms with Crippen LogP contribution in [0.3, 0.4) is 0 Å². The third kappa shape index (κ3) is 3.19. The summed E-state index contributed by atoms with van der Waals surface area (Å²) < 4.78 is 22.1. The summed E-state index contributed by atoms with van der Waals surface area (Å²) in [5.74, 6) is 0. The molecule has 0 unspecified atom stereocenters. The van der Waals surface area contributed by atoms with E-state index >= 15 is 0 Å². The maximum absolute atomic E-state index is 11.9. The lowest BCUT2D eigenvalue weighted by Gasteiger charge is -2.29. The average molecular weight is 339 g/mol. The lowest BCUT2D eigenvalue weighted by atomic mass is 9.99. The molecular formula is C17H19ClO3S. The molecule has 0 aromatic heterocycles. The van der Waals surface area contributed by atoms with Crippen LogP contribution in [0.15, 0.2) is 54.6 Å². The van der Waals surface area contributed by atoms with Crippen molar-refractivity contribution in [1.29, 1.82) is 0 Å². The quantitative estimate of drug-likeness (QED) is 0.844. The van der Waals surface area contributed by atoms with Crippen molar-refractivity contribution in [1.82, 2.24) is 0 Å². The number of hydrogen-bond acceptors (Lipinski definition) is 3. The number of aliphatic hydroxyl groups excluding tert-OH is 1. The van der Waals surface area contributed by atoms with Gasteiger partial charge in [0, 0.05) is 6.26 Å². The third-order valence-corrected chi connectivity index (χ3v) is 6.90. The van der Waals surface area contributed by atoms with Crippen LogP contribution in [-0.4, -0.2) is 24.0 Å². The Bertz CT molecular complexity index is 726. The Hall–Kier alpha value is -1.36. The smallest absolute Gasteiger partial charge is 0.174 e. The van der Waals surface area contributed by atoms with Gasteiger partial charge in [-0.1, -0.05) is 73.1 Å². The molecule has 118 valence electrons. The predicted molar refractivity (Wildman–Crippen MR) is 90.6 cm³/mol. The first-order valence-electron chi connectivity index (χ1n) is 7.01. The van der Waals surface area contributed by atoms with Gasteiger partial charge in [-0.3, -0.25) is 0 Å². The fourth-order valence-corrected chi connectivity index (χ4v) is 3.59. The highest BCUT2D eigenvalue weighted by atomic mass is 35.5. The molecule has 0 aliphatic heterocycles. The molecule has 22 heavy (non-hydrogen) atoms. The van der Waals surface area contributed by atoms with E-state index in [0.29, 0.717) is 5.56 Å². The summed E-state index contributed by atoms with van der Waals surface area (Å²) >= 11 is 6.20. The van der Waals surface area contributed by atoms with E-state index in [2.05, 4.69) is 0 Å². The topological polar surface area (TPSA) is 54.4 Å². The van der Waals surface area contributed by atoms with Gasteiger partial charge in [-0.2, -0.15) is 0 Å². The molecule has 2 aromatic rings. The maximum atomic E-state index is 11.9. The zero-order valence-corrected chi connectivity index (χ0v) is 14.1. The number of halogens is 1. The molecule has 0 radical (unpaired) electrons. The van der Waals surface area contributed by atoms with Gasteiger partial charge in [-0.15, -0.1) is 0 Å². The lowest BCUT2D eigenvalue weighted by molar-refractivity contribution is 0.155. The van der Waals surface area contributed by atoms with Crippen molar-refractivity contribution in [3.05, 3.63) is 60.2 Å². The molecule has 2 aromatic carbocycles. The molecule has 0 saturated heterocycles. The van der Waals surface area contributed by atoms with E-state index in [1.165, 1.54) is 0 Å². The van der Waals surface area contributed by atoms with Crippen molar-refractivity contribution in [2.45, 2.75) is 23.7 Å². The van der Waals surface area contributed by atoms with E-state index in [4.69, 9.17) is 11.6 Å². The Balaban J connectivity index is 2.35. The lowest BCUT2D eigenvalue weighted by Crippen LogP contribution is -2.37. The van der Waals surface area contributed by atoms with Crippen molar-refractivity contribution >= 4 is 21.4 Å². The van der Waals surface area contributed by atoms with Crippen molar-refractivity contribution < 1.29 is 13.5 Å². The second-order valence-electron chi connectivity index (χ2n) is 5.30. The van der Waals surface area contributed by atoms with Crippen LogP contribution in [-0.2, 0) is 9.84 Å². The highest BCUT2D eigenvalue weighted by Crippen LogP contribution is 2.39. The fraction of sp³-hybridized carbons (Fsp3) is 0.294. The van der Waals surface area contributed by atoms with Gasteiger partial charge in [0.05, 0.1) is 0 Å². The molecule has 3 nitrogen and oxygen atoms in total. The Labute approximate surface area is 136 Å². The molecule has 2 atom stereocenters. The molecular weight excluding hydrogens is 320 g/mol. The van der Waals surface area contributed by atoms with E-state index in [0.717, 1.165) is 17.4 Å². The van der Waals surface area contributed by atoms with Gasteiger partial charge in [0.2, 0.25) is 0 Å². The monoisotopic (exact) mass is 338 g/mol. The van der Waals surface area contributed by atoms with Gasteiger partial charge in [-0.25, -0.2) is 8.42 Å². The molecule has 0 spiro atoms. The molecule has 5 heteroatoms. The first-order chi connectivity index (χ1) is 10.3. The van der Waals surface area contributed by atoms with Gasteiger partial charge in [0.25, 0.3) is 0 Å². The summed E-state index contributed by atoms with van der Waals surface area (Å²) in [5, 5.41) is 10.4. The van der Waals surface area contributed by atoms with Crippen LogP contribution < -0.4 is 0 Å². The molecule has 0 amide bonds. The maximum Gasteiger partial charge on any atom is 0.174 e. The fourth-order valence-electron chi connectivity index (χ4n) is 2.40. The van der Waals surface area contributed by atoms with E-state index in [1.807, 2.05) is 42.5 Å². The van der Waals surface area contributed by atoms with Crippen molar-refractivity contribution in [2.75, 3.05) is 6.26 Å². The van der Waals surface area contributed by atoms with Gasteiger partial charge >= 0.3 is 0 Å². The van der Waals surface area contributed by atoms with Crippen LogP contribution in [0.25, 0.3) is 11.1 Å². The zero-order chi connectivity index (χ0) is 16.4. The minimum atomic E-state index is -3.61. The molecule has 0 heterocycles. The SMILES string of the molecule is CC[C@](Cl)([C@@H](O)c1ccc(-c2ccccc2)cc1)S(C)(=O)=O. The van der Waals surface area contributed by atoms with Crippen LogP contribution in [0.4, 0.5) is 0 Å². The van der Waals surface area contributed by atoms with E-state index < -0.39 is 20.1 Å². The highest BCUT2D eigenvalue weighted by Gasteiger charge is 2.44. The molecule has 0 bridgehead atoms. The van der Waals surface area contributed by atoms with Crippen LogP contribution in [0.2, 0.25) is 0 Å². The van der Waals surface area contributed by atoms with Crippen molar-refractivity contribution in [3.8, 4) is 11.1 Å². The molecule has 0 aliphatic rings. The van der Waals surface area contributed by atoms with E-state index in [-0.39, 0.29) is 6.42 Å². The van der Waals surface area contributed by atoms with Gasteiger partial charge < -0.3 is 5.11 Å². The number of hydrogen-bond donors (Lipinski definition) is 1. The van der Waals surface area contributed by atoms with E-state index in [9.17, 15) is 13.5 Å². The largest absolute Gasteiger partial charge is 0.385 e. The summed E-state index contributed by atoms with van der Waals surface area (Å²) in [6.07, 6.45) is -0.112. The van der Waals surface area contributed by atoms with Crippen LogP contribution in [0.5, 0.6) is 0 Å². The van der Waals surface area contributed by atoms with Gasteiger partial charge in [0.15, 0.2) is 14.0 Å². The molecule has 0 saturated carbocycles. The first kappa shape index (κ1) is 17.0. The molecule has 0 fully saturated rings. The number of benzene rings is 2. The van der Waals surface area contributed by atoms with Gasteiger partial charge in [-0.05, 0) is 23.1 Å². The van der Waals surface area contributed by atoms with Crippen molar-refractivity contribution in [2.24, 2.45) is 0 Å². The minimum Gasteiger partial charge on any atom is -0.385 e. The molecule has 2 rings (SSSR count). The van der Waals surface area contributed by atoms with Crippen LogP contribution in [0.1, 0.15) is 25.0 Å². The highest BCUT2D eigenvalue weighted by molar-refractivity contribution is 7.93. The first-order valence-corrected chi connectivity index (χ1v) is 9.28. The zero-order valence-electron chi connectivity index (χ0n) is 12.5. The second-order valence-corrected chi connectivity index (χ2v) is 8.47. The Morgan fingerprint density at radius 3 is 2.00 bits per heavy atom. The van der Waals surface area contributed by atoms with Crippen LogP contribution >= 0.6 is 11.6 Å². The predicted octanol–water partition coefficient (Wildman–Crippen LogP) is 3.78. The number of aliphatic hydroxyl groups is 1. The number of sulfone groups is 1. The minimum absolute atomic E-state index is 0.120. The number of rotatable bonds is 5. The summed E-state index contributed by atoms with van der Waals surface area (Å²) in [6.45, 7) is 1.65. The summed E-state index contributed by atoms with van der Waals surface area (Å²) in [5.41, 5.74) is 2.54. The standard InChI is InChI=1S/C17H19ClO3S/c1-3-17(18,22(2,20)21)16(19)15-11-9-14(10-12-15)13-7-5-4-6-8-13/h4-12,16,19H,3H2,1-2H3/t16-,17+/m0/s1. The summed E-state index contributed by atoms with van der Waals surface area (Å²) in [6, 6.07) is 16.9. The van der Waals surface area contributed by atoms with Gasteiger partial charge in [0.1, 0.15) is 6.10 Å². The third-order valence-electron chi connectivity index (χ3n) is 3.84. The Kier molecular flexibility index (Phi) is 4.95. The summed E-state index contributed by atoms with van der Waals surface area (Å²) in [7, 11) is -3.61. The average Bonchev–Trinajstić information content (AvgIpc) is 2.53. The Morgan fingerprint density at radius 1 is 1.05 bits per heavy atom. The summed E-state index contributed by atoms with van der Waals surface area (Å²) in [4.78, 5) is 0. The van der Waals surface area contributed by atoms with Crippen LogP contribution in [0, 0.1) is 0 Å². The van der Waals surface area contributed by atoms with E-state index in [1.54, 1.807) is 19.1 Å². The Morgan fingerprint density at radius 2 is 1.55 bits per heavy atom. The second kappa shape index (κ2) is 6.41. The normalized spacial score (nSPS) is 16.0. The van der Waals surface area contributed by atoms with Crippen molar-refractivity contribution in [3.63, 3.8) is 0 Å². The molecule has 1 N–H and O–H groups in total. The molecule has 0 aliphatic carbocycles. The number of alkyl halides is 1.